The second kappa shape index (κ2) is 5.00. The van der Waals surface area contributed by atoms with Crippen molar-refractivity contribution in [2.45, 2.75) is 31.9 Å². The molecule has 20 heavy (non-hydrogen) atoms. The Morgan fingerprint density at radius 1 is 1.35 bits per heavy atom. The molecule has 1 fully saturated rings. The third kappa shape index (κ3) is 2.66. The van der Waals surface area contributed by atoms with Gasteiger partial charge in [0.25, 0.3) is 5.91 Å². The molecule has 1 saturated carbocycles. The van der Waals surface area contributed by atoms with Crippen LogP contribution in [0.2, 0.25) is 0 Å². The minimum Gasteiger partial charge on any atom is -0.449 e. The molecule has 1 aliphatic rings. The first kappa shape index (κ1) is 12.7. The van der Waals surface area contributed by atoms with Crippen LogP contribution in [0.15, 0.2) is 34.7 Å². The van der Waals surface area contributed by atoms with E-state index in [1.54, 1.807) is 19.1 Å². The predicted octanol–water partition coefficient (Wildman–Crippen LogP) is 2.26. The molecule has 104 valence electrons. The van der Waals surface area contributed by atoms with Crippen molar-refractivity contribution in [2.24, 2.45) is 0 Å². The Kier molecular flexibility index (Phi) is 3.18. The molecule has 5 nitrogen and oxygen atoms in total. The summed E-state index contributed by atoms with van der Waals surface area (Å²) < 4.78 is 10.5. The summed E-state index contributed by atoms with van der Waals surface area (Å²) in [6.45, 7) is 1.55. The van der Waals surface area contributed by atoms with E-state index in [1.165, 1.54) is 0 Å². The molecule has 0 spiro atoms. The maximum atomic E-state index is 11.9. The number of para-hydroxylation sites is 1. The van der Waals surface area contributed by atoms with Crippen LogP contribution in [0.4, 0.5) is 0 Å². The van der Waals surface area contributed by atoms with Gasteiger partial charge in [-0.3, -0.25) is 4.79 Å². The number of carbonyl (C=O) groups is 2. The molecular weight excluding hydrogens is 258 g/mol. The lowest BCUT2D eigenvalue weighted by Crippen LogP contribution is -2.37. The van der Waals surface area contributed by atoms with E-state index < -0.39 is 12.1 Å². The number of carbonyl (C=O) groups excluding carboxylic acids is 2. The van der Waals surface area contributed by atoms with Crippen molar-refractivity contribution in [2.75, 3.05) is 0 Å². The summed E-state index contributed by atoms with van der Waals surface area (Å²) in [4.78, 5) is 23.6. The number of hydrogen-bond donors (Lipinski definition) is 1. The van der Waals surface area contributed by atoms with Crippen molar-refractivity contribution in [3.63, 3.8) is 0 Å². The fourth-order valence-electron chi connectivity index (χ4n) is 1.90. The number of amides is 1. The molecule has 1 amide bonds. The highest BCUT2D eigenvalue weighted by molar-refractivity contribution is 5.94. The van der Waals surface area contributed by atoms with Crippen LogP contribution in [0.1, 0.15) is 30.3 Å². The molecule has 1 heterocycles. The molecule has 3 rings (SSSR count). The number of rotatable bonds is 4. The number of benzene rings is 1. The highest BCUT2D eigenvalue weighted by atomic mass is 16.6. The Morgan fingerprint density at radius 2 is 2.10 bits per heavy atom. The van der Waals surface area contributed by atoms with Gasteiger partial charge in [0.1, 0.15) is 5.58 Å². The number of esters is 1. The van der Waals surface area contributed by atoms with E-state index in [2.05, 4.69) is 5.32 Å². The summed E-state index contributed by atoms with van der Waals surface area (Å²) in [6.07, 6.45) is 1.17. The van der Waals surface area contributed by atoms with E-state index in [9.17, 15) is 9.59 Å². The van der Waals surface area contributed by atoms with Crippen molar-refractivity contribution < 1.29 is 18.7 Å². The maximum Gasteiger partial charge on any atom is 0.375 e. The molecule has 0 aliphatic heterocycles. The van der Waals surface area contributed by atoms with Crippen LogP contribution >= 0.6 is 0 Å². The Balaban J connectivity index is 1.67. The summed E-state index contributed by atoms with van der Waals surface area (Å²) in [5.41, 5.74) is 0.620. The van der Waals surface area contributed by atoms with Gasteiger partial charge in [-0.15, -0.1) is 0 Å². The highest BCUT2D eigenvalue weighted by Gasteiger charge is 2.28. The van der Waals surface area contributed by atoms with E-state index in [4.69, 9.17) is 9.15 Å². The first-order valence-corrected chi connectivity index (χ1v) is 6.63. The Morgan fingerprint density at radius 3 is 2.80 bits per heavy atom. The lowest BCUT2D eigenvalue weighted by atomic mass is 10.2. The molecule has 5 heteroatoms. The van der Waals surface area contributed by atoms with Gasteiger partial charge >= 0.3 is 5.97 Å². The Labute approximate surface area is 115 Å². The van der Waals surface area contributed by atoms with Gasteiger partial charge in [0.15, 0.2) is 6.10 Å². The van der Waals surface area contributed by atoms with Crippen molar-refractivity contribution in [1.82, 2.24) is 5.32 Å². The average molecular weight is 273 g/mol. The summed E-state index contributed by atoms with van der Waals surface area (Å²) in [7, 11) is 0. The molecule has 0 saturated heterocycles. The summed E-state index contributed by atoms with van der Waals surface area (Å²) >= 11 is 0. The fraction of sp³-hybridized carbons (Fsp3) is 0.333. The zero-order valence-corrected chi connectivity index (χ0v) is 11.1. The van der Waals surface area contributed by atoms with E-state index >= 15 is 0 Å². The molecule has 1 unspecified atom stereocenters. The molecule has 1 aromatic heterocycles. The van der Waals surface area contributed by atoms with Gasteiger partial charge in [-0.1, -0.05) is 18.2 Å². The average Bonchev–Trinajstić information content (AvgIpc) is 3.13. The molecule has 0 bridgehead atoms. The largest absolute Gasteiger partial charge is 0.449 e. The first-order valence-electron chi connectivity index (χ1n) is 6.63. The van der Waals surface area contributed by atoms with Crippen LogP contribution in [-0.4, -0.2) is 24.0 Å². The summed E-state index contributed by atoms with van der Waals surface area (Å²) in [5.74, 6) is -0.783. The number of hydrogen-bond acceptors (Lipinski definition) is 4. The molecule has 1 N–H and O–H groups in total. The van der Waals surface area contributed by atoms with Crippen LogP contribution in [0.3, 0.4) is 0 Å². The third-order valence-corrected chi connectivity index (χ3v) is 3.20. The van der Waals surface area contributed by atoms with E-state index in [1.807, 2.05) is 18.2 Å². The van der Waals surface area contributed by atoms with Gasteiger partial charge in [-0.2, -0.15) is 0 Å². The lowest BCUT2D eigenvalue weighted by molar-refractivity contribution is -0.129. The van der Waals surface area contributed by atoms with Crippen molar-refractivity contribution in [3.8, 4) is 0 Å². The topological polar surface area (TPSA) is 68.5 Å². The van der Waals surface area contributed by atoms with Crippen LogP contribution in [-0.2, 0) is 9.53 Å². The van der Waals surface area contributed by atoms with Crippen molar-refractivity contribution >= 4 is 22.8 Å². The minimum absolute atomic E-state index is 0.109. The van der Waals surface area contributed by atoms with Crippen LogP contribution in [0.5, 0.6) is 0 Å². The molecule has 1 aliphatic carbocycles. The minimum atomic E-state index is -0.823. The van der Waals surface area contributed by atoms with E-state index in [0.717, 1.165) is 18.2 Å². The van der Waals surface area contributed by atoms with Gasteiger partial charge in [0.2, 0.25) is 5.76 Å². The highest BCUT2D eigenvalue weighted by Crippen LogP contribution is 2.21. The monoisotopic (exact) mass is 273 g/mol. The lowest BCUT2D eigenvalue weighted by Gasteiger charge is -2.11. The van der Waals surface area contributed by atoms with E-state index in [-0.39, 0.29) is 17.7 Å². The third-order valence-electron chi connectivity index (χ3n) is 3.20. The van der Waals surface area contributed by atoms with Gasteiger partial charge in [-0.25, -0.2) is 4.79 Å². The standard InChI is InChI=1S/C15H15NO4/c1-9(14(17)16-11-6-7-11)19-15(18)13-8-10-4-2-3-5-12(10)20-13/h2-5,8-9,11H,6-7H2,1H3,(H,16,17). The summed E-state index contributed by atoms with van der Waals surface area (Å²) in [6, 6.07) is 9.16. The second-order valence-electron chi connectivity index (χ2n) is 4.98. The maximum absolute atomic E-state index is 11.9. The van der Waals surface area contributed by atoms with Gasteiger partial charge in [0, 0.05) is 11.4 Å². The predicted molar refractivity (Wildman–Crippen MR) is 72.3 cm³/mol. The van der Waals surface area contributed by atoms with Crippen LogP contribution in [0.25, 0.3) is 11.0 Å². The number of nitrogens with one attached hydrogen (secondary N) is 1. The van der Waals surface area contributed by atoms with Crippen LogP contribution in [0, 0.1) is 0 Å². The zero-order valence-electron chi connectivity index (χ0n) is 11.1. The zero-order chi connectivity index (χ0) is 14.1. The Bertz CT molecular complexity index is 624. The Hall–Kier alpha value is -2.30. The van der Waals surface area contributed by atoms with Crippen molar-refractivity contribution in [3.05, 3.63) is 36.1 Å². The van der Waals surface area contributed by atoms with Gasteiger partial charge < -0.3 is 14.5 Å². The molecule has 1 aromatic carbocycles. The fourth-order valence-corrected chi connectivity index (χ4v) is 1.90. The normalized spacial score (nSPS) is 15.8. The second-order valence-corrected chi connectivity index (χ2v) is 4.98. The molecular formula is C15H15NO4. The number of furan rings is 1. The van der Waals surface area contributed by atoms with E-state index in [0.29, 0.717) is 5.58 Å². The smallest absolute Gasteiger partial charge is 0.375 e. The SMILES string of the molecule is CC(OC(=O)c1cc2ccccc2o1)C(=O)NC1CC1. The van der Waals surface area contributed by atoms with Crippen molar-refractivity contribution in [1.29, 1.82) is 0 Å². The summed E-state index contributed by atoms with van der Waals surface area (Å²) in [5, 5.41) is 3.62. The molecule has 1 atom stereocenters. The number of fused-ring (bicyclic) bond motifs is 1. The van der Waals surface area contributed by atoms with Gasteiger partial charge in [-0.05, 0) is 31.9 Å². The first-order chi connectivity index (χ1) is 9.63. The quantitative estimate of drug-likeness (QED) is 0.867. The number of ether oxygens (including phenoxy) is 1. The van der Waals surface area contributed by atoms with Crippen LogP contribution < -0.4 is 5.32 Å². The van der Waals surface area contributed by atoms with Gasteiger partial charge in [0.05, 0.1) is 0 Å². The molecule has 0 radical (unpaired) electrons. The molecule has 2 aromatic rings.